The summed E-state index contributed by atoms with van der Waals surface area (Å²) in [5.74, 6) is 0.431. The van der Waals surface area contributed by atoms with E-state index < -0.39 is 6.04 Å². The molecule has 2 saturated carbocycles. The van der Waals surface area contributed by atoms with Gasteiger partial charge in [-0.2, -0.15) is 0 Å². The highest BCUT2D eigenvalue weighted by Gasteiger charge is 2.61. The molecule has 4 atom stereocenters. The molecule has 2 bridgehead atoms. The quantitative estimate of drug-likeness (QED) is 0.888. The van der Waals surface area contributed by atoms with Gasteiger partial charge in [0.2, 0.25) is 5.91 Å². The molecule has 0 aromatic carbocycles. The second-order valence-electron chi connectivity index (χ2n) is 7.84. The third-order valence-corrected chi connectivity index (χ3v) is 7.47. The van der Waals surface area contributed by atoms with E-state index in [1.165, 1.54) is 24.2 Å². The molecule has 0 radical (unpaired) electrons. The summed E-state index contributed by atoms with van der Waals surface area (Å²) in [6, 6.07) is 3.30. The maximum absolute atomic E-state index is 12.5. The fourth-order valence-corrected chi connectivity index (χ4v) is 5.09. The molecule has 2 N–H and O–H groups in total. The molecule has 5 heteroatoms. The van der Waals surface area contributed by atoms with E-state index in [1.807, 2.05) is 11.4 Å². The Balaban J connectivity index is 1.61. The molecule has 1 aromatic rings. The van der Waals surface area contributed by atoms with Crippen LogP contribution < -0.4 is 10.6 Å². The number of nitrogens with one attached hydrogen (secondary N) is 2. The first-order valence-corrected chi connectivity index (χ1v) is 9.28. The van der Waals surface area contributed by atoms with E-state index in [1.54, 1.807) is 13.0 Å². The number of hydrogen-bond acceptors (Lipinski definition) is 3. The Morgan fingerprint density at radius 2 is 2.09 bits per heavy atom. The molecule has 23 heavy (non-hydrogen) atoms. The number of fused-ring (bicyclic) bond motifs is 2. The molecule has 2 aliphatic carbocycles. The van der Waals surface area contributed by atoms with Crippen LogP contribution in [-0.2, 0) is 4.79 Å². The number of amides is 2. The predicted molar refractivity (Wildman–Crippen MR) is 92.4 cm³/mol. The van der Waals surface area contributed by atoms with Gasteiger partial charge in [-0.3, -0.25) is 9.59 Å². The lowest BCUT2D eigenvalue weighted by atomic mass is 9.69. The lowest BCUT2D eigenvalue weighted by Gasteiger charge is -2.39. The summed E-state index contributed by atoms with van der Waals surface area (Å²) in [5, 5.41) is 7.86. The first kappa shape index (κ1) is 16.5. The number of rotatable bonds is 4. The lowest BCUT2D eigenvalue weighted by Crippen LogP contribution is -2.52. The van der Waals surface area contributed by atoms with Crippen molar-refractivity contribution in [3.63, 3.8) is 0 Å². The highest BCUT2D eigenvalue weighted by atomic mass is 32.1. The van der Waals surface area contributed by atoms with Crippen LogP contribution in [-0.4, -0.2) is 23.9 Å². The fourth-order valence-electron chi connectivity index (χ4n) is 4.46. The SMILES string of the molecule is CC(NC(=O)c1cccs1)C(=O)NC1CC2CCC1(C)C2(C)C. The minimum Gasteiger partial charge on any atom is -0.351 e. The monoisotopic (exact) mass is 334 g/mol. The number of thiophene rings is 1. The molecular weight excluding hydrogens is 308 g/mol. The summed E-state index contributed by atoms with van der Waals surface area (Å²) in [6.45, 7) is 8.72. The Morgan fingerprint density at radius 1 is 1.35 bits per heavy atom. The summed E-state index contributed by atoms with van der Waals surface area (Å²) in [7, 11) is 0. The van der Waals surface area contributed by atoms with Gasteiger partial charge in [-0.1, -0.05) is 26.8 Å². The summed E-state index contributed by atoms with van der Waals surface area (Å²) in [6.07, 6.45) is 3.49. The van der Waals surface area contributed by atoms with E-state index in [2.05, 4.69) is 31.4 Å². The van der Waals surface area contributed by atoms with Crippen LogP contribution in [0.5, 0.6) is 0 Å². The largest absolute Gasteiger partial charge is 0.351 e. The Hall–Kier alpha value is -1.36. The topological polar surface area (TPSA) is 58.2 Å². The van der Waals surface area contributed by atoms with Crippen molar-refractivity contribution in [2.75, 3.05) is 0 Å². The van der Waals surface area contributed by atoms with E-state index in [0.29, 0.717) is 10.8 Å². The van der Waals surface area contributed by atoms with Crippen molar-refractivity contribution in [2.45, 2.75) is 59.0 Å². The molecular formula is C18H26N2O2S. The van der Waals surface area contributed by atoms with E-state index in [-0.39, 0.29) is 28.7 Å². The molecule has 126 valence electrons. The Labute approximate surface area is 142 Å². The van der Waals surface area contributed by atoms with E-state index in [0.717, 1.165) is 6.42 Å². The van der Waals surface area contributed by atoms with Crippen molar-refractivity contribution in [1.82, 2.24) is 10.6 Å². The molecule has 0 saturated heterocycles. The van der Waals surface area contributed by atoms with Gasteiger partial charge < -0.3 is 10.6 Å². The Bertz CT molecular complexity index is 611. The van der Waals surface area contributed by atoms with Gasteiger partial charge in [-0.25, -0.2) is 0 Å². The van der Waals surface area contributed by atoms with Crippen molar-refractivity contribution >= 4 is 23.2 Å². The third-order valence-electron chi connectivity index (χ3n) is 6.60. The van der Waals surface area contributed by atoms with Crippen LogP contribution >= 0.6 is 11.3 Å². The molecule has 2 fully saturated rings. The zero-order valence-corrected chi connectivity index (χ0v) is 15.1. The average Bonchev–Trinajstić information content (AvgIpc) is 3.13. The van der Waals surface area contributed by atoms with Gasteiger partial charge in [0, 0.05) is 6.04 Å². The van der Waals surface area contributed by atoms with Crippen LogP contribution in [0, 0.1) is 16.7 Å². The van der Waals surface area contributed by atoms with Crippen LogP contribution in [0.15, 0.2) is 17.5 Å². The minimum absolute atomic E-state index is 0.0792. The van der Waals surface area contributed by atoms with Crippen LogP contribution in [0.1, 0.15) is 56.6 Å². The molecule has 0 aliphatic heterocycles. The van der Waals surface area contributed by atoms with Crippen molar-refractivity contribution in [3.05, 3.63) is 22.4 Å². The maximum Gasteiger partial charge on any atom is 0.261 e. The van der Waals surface area contributed by atoms with E-state index in [9.17, 15) is 9.59 Å². The summed E-state index contributed by atoms with van der Waals surface area (Å²) in [4.78, 5) is 25.2. The predicted octanol–water partition coefficient (Wildman–Crippen LogP) is 3.20. The minimum atomic E-state index is -0.518. The summed E-state index contributed by atoms with van der Waals surface area (Å²) < 4.78 is 0. The number of carbonyl (C=O) groups excluding carboxylic acids is 2. The maximum atomic E-state index is 12.5. The highest BCUT2D eigenvalue weighted by Crippen LogP contribution is 2.65. The van der Waals surface area contributed by atoms with Crippen LogP contribution in [0.2, 0.25) is 0 Å². The second-order valence-corrected chi connectivity index (χ2v) is 8.79. The molecule has 1 aromatic heterocycles. The first-order chi connectivity index (χ1) is 10.8. The molecule has 1 heterocycles. The Kier molecular flexibility index (Phi) is 4.03. The first-order valence-electron chi connectivity index (χ1n) is 8.40. The normalized spacial score (nSPS) is 32.5. The number of hydrogen-bond donors (Lipinski definition) is 2. The smallest absolute Gasteiger partial charge is 0.261 e. The van der Waals surface area contributed by atoms with Crippen molar-refractivity contribution < 1.29 is 9.59 Å². The molecule has 3 rings (SSSR count). The zero-order chi connectivity index (χ0) is 16.8. The van der Waals surface area contributed by atoms with Gasteiger partial charge in [0.25, 0.3) is 5.91 Å². The van der Waals surface area contributed by atoms with E-state index in [4.69, 9.17) is 0 Å². The average molecular weight is 334 g/mol. The lowest BCUT2D eigenvalue weighted by molar-refractivity contribution is -0.124. The van der Waals surface area contributed by atoms with Gasteiger partial charge in [-0.15, -0.1) is 11.3 Å². The van der Waals surface area contributed by atoms with Crippen molar-refractivity contribution in [1.29, 1.82) is 0 Å². The Morgan fingerprint density at radius 3 is 2.61 bits per heavy atom. The van der Waals surface area contributed by atoms with Gasteiger partial charge in [0.1, 0.15) is 6.04 Å². The molecule has 2 aliphatic rings. The highest BCUT2D eigenvalue weighted by molar-refractivity contribution is 7.12. The van der Waals surface area contributed by atoms with Crippen LogP contribution in [0.4, 0.5) is 0 Å². The van der Waals surface area contributed by atoms with Crippen molar-refractivity contribution in [2.24, 2.45) is 16.7 Å². The standard InChI is InChI=1S/C18H26N2O2S/c1-11(19-16(22)13-6-5-9-23-13)15(21)20-14-10-12-7-8-18(14,4)17(12,2)3/h5-6,9,11-12,14H,7-8,10H2,1-4H3,(H,19,22)(H,20,21). The molecule has 2 amide bonds. The second kappa shape index (κ2) is 5.62. The summed E-state index contributed by atoms with van der Waals surface area (Å²) >= 11 is 1.38. The van der Waals surface area contributed by atoms with Crippen molar-refractivity contribution in [3.8, 4) is 0 Å². The van der Waals surface area contributed by atoms with Gasteiger partial charge in [0.15, 0.2) is 0 Å². The number of carbonyl (C=O) groups is 2. The van der Waals surface area contributed by atoms with Gasteiger partial charge >= 0.3 is 0 Å². The van der Waals surface area contributed by atoms with Gasteiger partial charge in [-0.05, 0) is 54.4 Å². The van der Waals surface area contributed by atoms with Crippen LogP contribution in [0.3, 0.4) is 0 Å². The zero-order valence-electron chi connectivity index (χ0n) is 14.3. The van der Waals surface area contributed by atoms with E-state index >= 15 is 0 Å². The molecule has 0 spiro atoms. The molecule has 4 nitrogen and oxygen atoms in total. The summed E-state index contributed by atoms with van der Waals surface area (Å²) in [5.41, 5.74) is 0.430. The van der Waals surface area contributed by atoms with Gasteiger partial charge in [0.05, 0.1) is 4.88 Å². The van der Waals surface area contributed by atoms with Crippen LogP contribution in [0.25, 0.3) is 0 Å². The molecule has 4 unspecified atom stereocenters. The fraction of sp³-hybridized carbons (Fsp3) is 0.667. The third kappa shape index (κ3) is 2.59.